The van der Waals surface area contributed by atoms with Crippen LogP contribution >= 0.6 is 0 Å². The van der Waals surface area contributed by atoms with Crippen molar-refractivity contribution < 1.29 is 16.8 Å². The first-order valence-electron chi connectivity index (χ1n) is 17.1. The number of piperidine rings is 1. The number of nitrogens with one attached hydrogen (secondary N) is 1. The van der Waals surface area contributed by atoms with Crippen molar-refractivity contribution in [1.29, 1.82) is 0 Å². The number of hydrogen-bond donors (Lipinski definition) is 1. The molecule has 2 aromatic heterocycles. The van der Waals surface area contributed by atoms with Crippen molar-refractivity contribution in [3.8, 4) is 0 Å². The number of hydrogen-bond acceptors (Lipinski definition) is 10. The van der Waals surface area contributed by atoms with Gasteiger partial charge in [-0.15, -0.1) is 0 Å². The zero-order valence-electron chi connectivity index (χ0n) is 28.9. The predicted octanol–water partition coefficient (Wildman–Crippen LogP) is 4.39. The molecule has 0 unspecified atom stereocenters. The van der Waals surface area contributed by atoms with Crippen LogP contribution in [0.4, 0.5) is 0 Å². The summed E-state index contributed by atoms with van der Waals surface area (Å²) in [6, 6.07) is 11.4. The third-order valence-electron chi connectivity index (χ3n) is 10.2. The second kappa shape index (κ2) is 17.1. The Morgan fingerprint density at radius 2 is 1.45 bits per heavy atom. The van der Waals surface area contributed by atoms with Gasteiger partial charge in [0.25, 0.3) is 0 Å². The zero-order valence-corrected chi connectivity index (χ0v) is 30.5. The molecule has 1 fully saturated rings. The van der Waals surface area contributed by atoms with Gasteiger partial charge in [0.15, 0.2) is 0 Å². The number of fused-ring (bicyclic) bond motifs is 2. The first kappa shape index (κ1) is 40.6. The molecule has 0 aliphatic carbocycles. The predicted molar refractivity (Wildman–Crippen MR) is 204 cm³/mol. The summed E-state index contributed by atoms with van der Waals surface area (Å²) in [6.07, 6.45) is 12.1. The van der Waals surface area contributed by atoms with Crippen LogP contribution in [0.1, 0.15) is 93.3 Å². The van der Waals surface area contributed by atoms with Crippen molar-refractivity contribution >= 4 is 25.6 Å². The van der Waals surface area contributed by atoms with Crippen LogP contribution in [-0.2, 0) is 52.5 Å². The van der Waals surface area contributed by atoms with E-state index in [9.17, 15) is 16.8 Å². The highest BCUT2D eigenvalue weighted by atomic mass is 32.2. The van der Waals surface area contributed by atoms with Crippen LogP contribution in [-0.4, -0.2) is 101 Å². The first-order chi connectivity index (χ1) is 23.4. The largest absolute Gasteiger partial charge is 0.310 e. The number of nitrogens with zero attached hydrogens (tertiary/aromatic N) is 7. The fourth-order valence-electron chi connectivity index (χ4n) is 7.32. The lowest BCUT2D eigenvalue weighted by atomic mass is 9.88. The van der Waals surface area contributed by atoms with Gasteiger partial charge in [0.05, 0.1) is 35.3 Å². The quantitative estimate of drug-likeness (QED) is 0.387. The maximum Gasteiger partial charge on any atom is 0.211 e. The zero-order chi connectivity index (χ0) is 34.8. The van der Waals surface area contributed by atoms with Crippen LogP contribution < -0.4 is 5.32 Å². The average molecular weight is 741 g/mol. The maximum absolute atomic E-state index is 11.8. The summed E-state index contributed by atoms with van der Waals surface area (Å²) in [5.41, 5.74) is 9.23. The standard InChI is InChI=1S/C21H26N4O2S.C14H22N4O2S.2CH4/c1-16-12-20-19(14-24(16)13-17-6-4-3-5-7-17)21(23-15-22-20)18-8-10-25(11-9-18)28(2,26)27;1-10-7-13-12(8-15-10)14(17-9-16-13)11-3-5-18(6-4-11)21(2,19)20;;/h3-8,15-16H,9-14H2,1-2H3;9-11,15H,3-8H2,1-2H3;2*1H4/t16-;10-;;/m11../s1. The molecule has 7 rings (SSSR count). The fourth-order valence-corrected chi connectivity index (χ4v) is 8.96. The molecule has 6 heterocycles. The molecule has 14 heteroatoms. The third-order valence-corrected chi connectivity index (χ3v) is 12.8. The van der Waals surface area contributed by atoms with Crippen molar-refractivity contribution in [1.82, 2.24) is 38.8 Å². The van der Waals surface area contributed by atoms with E-state index in [0.29, 0.717) is 50.6 Å². The van der Waals surface area contributed by atoms with Crippen LogP contribution in [0.5, 0.6) is 0 Å². The van der Waals surface area contributed by atoms with E-state index in [1.807, 2.05) is 12.1 Å². The normalized spacial score (nSPS) is 21.8. The van der Waals surface area contributed by atoms with E-state index in [0.717, 1.165) is 73.7 Å². The summed E-state index contributed by atoms with van der Waals surface area (Å²) in [5.74, 6) is 0.343. The fraction of sp³-hybridized carbons (Fsp3) is 0.568. The summed E-state index contributed by atoms with van der Waals surface area (Å²) >= 11 is 0. The first-order valence-corrected chi connectivity index (χ1v) is 20.8. The van der Waals surface area contributed by atoms with Crippen LogP contribution in [0.15, 0.2) is 49.1 Å². The van der Waals surface area contributed by atoms with Crippen LogP contribution in [0.25, 0.3) is 5.57 Å². The monoisotopic (exact) mass is 740 g/mol. The van der Waals surface area contributed by atoms with Crippen molar-refractivity contribution in [2.45, 2.75) is 98.4 Å². The minimum absolute atomic E-state index is 0. The van der Waals surface area contributed by atoms with Gasteiger partial charge in [-0.25, -0.2) is 41.1 Å². The van der Waals surface area contributed by atoms with Gasteiger partial charge in [-0.1, -0.05) is 51.3 Å². The highest BCUT2D eigenvalue weighted by molar-refractivity contribution is 7.88. The highest BCUT2D eigenvalue weighted by Crippen LogP contribution is 2.33. The molecule has 0 spiro atoms. The summed E-state index contributed by atoms with van der Waals surface area (Å²) in [4.78, 5) is 20.5. The Morgan fingerprint density at radius 3 is 2.08 bits per heavy atom. The highest BCUT2D eigenvalue weighted by Gasteiger charge is 2.31. The Labute approximate surface area is 305 Å². The Bertz CT molecular complexity index is 1880. The molecule has 280 valence electrons. The molecule has 2 atom stereocenters. The second-order valence-electron chi connectivity index (χ2n) is 13.8. The lowest BCUT2D eigenvalue weighted by Crippen LogP contribution is -2.39. The average Bonchev–Trinajstić information content (AvgIpc) is 3.08. The maximum atomic E-state index is 11.8. The molecular weight excluding hydrogens is 685 g/mol. The van der Waals surface area contributed by atoms with Gasteiger partial charge in [0.1, 0.15) is 12.7 Å². The van der Waals surface area contributed by atoms with Crippen molar-refractivity contribution in [2.75, 3.05) is 38.7 Å². The van der Waals surface area contributed by atoms with Gasteiger partial charge < -0.3 is 5.32 Å². The molecule has 4 aliphatic heterocycles. The number of sulfonamides is 2. The molecule has 1 aromatic carbocycles. The van der Waals surface area contributed by atoms with Gasteiger partial charge in [-0.3, -0.25) is 4.90 Å². The molecule has 0 amide bonds. The van der Waals surface area contributed by atoms with Crippen LogP contribution in [0, 0.1) is 0 Å². The van der Waals surface area contributed by atoms with Gasteiger partial charge in [-0.05, 0) is 44.2 Å². The minimum atomic E-state index is -3.15. The Morgan fingerprint density at radius 1 is 0.804 bits per heavy atom. The second-order valence-corrected chi connectivity index (χ2v) is 17.8. The molecule has 12 nitrogen and oxygen atoms in total. The van der Waals surface area contributed by atoms with Crippen molar-refractivity contribution in [2.24, 2.45) is 0 Å². The van der Waals surface area contributed by atoms with Crippen LogP contribution in [0.2, 0.25) is 0 Å². The molecule has 1 saturated heterocycles. The van der Waals surface area contributed by atoms with Crippen LogP contribution in [0.3, 0.4) is 0 Å². The van der Waals surface area contributed by atoms with Gasteiger partial charge >= 0.3 is 0 Å². The molecule has 3 aromatic rings. The van der Waals surface area contributed by atoms with Gasteiger partial charge in [0, 0.05) is 87.8 Å². The van der Waals surface area contributed by atoms with E-state index in [4.69, 9.17) is 0 Å². The Balaban J connectivity index is 0.000000228. The van der Waals surface area contributed by atoms with Crippen molar-refractivity contribution in [3.63, 3.8) is 0 Å². The van der Waals surface area contributed by atoms with E-state index < -0.39 is 20.0 Å². The Hall–Kier alpha value is -3.14. The molecule has 0 bridgehead atoms. The summed E-state index contributed by atoms with van der Waals surface area (Å²) in [5, 5.41) is 3.46. The number of aromatic nitrogens is 4. The number of benzene rings is 1. The SMILES string of the molecule is C.C.C[C@@H]1Cc2ncnc(C3=CCN(S(C)(=O)=O)CC3)c2CN1Cc1ccccc1.C[C@@H]1Cc2ncnc(C3CCN(S(C)(=O)=O)CC3)c2CN1. The summed E-state index contributed by atoms with van der Waals surface area (Å²) in [7, 11) is -6.22. The van der Waals surface area contributed by atoms with E-state index in [-0.39, 0.29) is 14.9 Å². The van der Waals surface area contributed by atoms with E-state index in [1.165, 1.54) is 33.5 Å². The molecule has 0 saturated carbocycles. The van der Waals surface area contributed by atoms with E-state index in [1.54, 1.807) is 17.0 Å². The number of rotatable bonds is 6. The van der Waals surface area contributed by atoms with Gasteiger partial charge in [0.2, 0.25) is 20.0 Å². The topological polar surface area (TPSA) is 142 Å². The van der Waals surface area contributed by atoms with Crippen molar-refractivity contribution in [3.05, 3.63) is 88.5 Å². The van der Waals surface area contributed by atoms with Gasteiger partial charge in [-0.2, -0.15) is 4.31 Å². The lowest BCUT2D eigenvalue weighted by Gasteiger charge is -2.35. The molecule has 4 aliphatic rings. The minimum Gasteiger partial charge on any atom is -0.310 e. The summed E-state index contributed by atoms with van der Waals surface area (Å²) < 4.78 is 49.8. The van der Waals surface area contributed by atoms with E-state index in [2.05, 4.69) is 68.3 Å². The molecule has 0 radical (unpaired) electrons. The lowest BCUT2D eigenvalue weighted by molar-refractivity contribution is 0.172. The smallest absolute Gasteiger partial charge is 0.211 e. The van der Waals surface area contributed by atoms with E-state index >= 15 is 0 Å². The molecule has 51 heavy (non-hydrogen) atoms. The summed E-state index contributed by atoms with van der Waals surface area (Å²) in [6.45, 7) is 9.04. The Kier molecular flexibility index (Phi) is 13.6. The third kappa shape index (κ3) is 9.85. The molecular formula is C37H56N8O4S2. The molecule has 1 N–H and O–H groups in total.